The van der Waals surface area contributed by atoms with Crippen LogP contribution < -0.4 is 9.44 Å². The highest BCUT2D eigenvalue weighted by Gasteiger charge is 2.25. The molecule has 0 heterocycles. The highest BCUT2D eigenvalue weighted by molar-refractivity contribution is 7.87. The van der Waals surface area contributed by atoms with Gasteiger partial charge in [0, 0.05) is 12.1 Å². The average molecular weight is 250 g/mol. The van der Waals surface area contributed by atoms with Gasteiger partial charge in [-0.3, -0.25) is 0 Å². The number of aliphatic hydroxyl groups is 1. The molecule has 0 radical (unpaired) electrons. The van der Waals surface area contributed by atoms with Gasteiger partial charge in [-0.1, -0.05) is 0 Å². The van der Waals surface area contributed by atoms with Crippen molar-refractivity contribution in [3.8, 4) is 0 Å². The summed E-state index contributed by atoms with van der Waals surface area (Å²) >= 11 is 0. The zero-order valence-corrected chi connectivity index (χ0v) is 11.0. The van der Waals surface area contributed by atoms with Crippen LogP contribution >= 0.6 is 0 Å². The van der Waals surface area contributed by atoms with Gasteiger partial charge >= 0.3 is 0 Å². The second-order valence-corrected chi connectivity index (χ2v) is 7.04. The standard InChI is InChI=1S/C10H22N2O3S/c1-10(2,3)12-16(14,15)11-7-8-4-5-9(13)6-8/h8-9,11-13H,4-7H2,1-3H3. The van der Waals surface area contributed by atoms with Crippen molar-refractivity contribution in [2.45, 2.75) is 51.7 Å². The fourth-order valence-corrected chi connectivity index (χ4v) is 3.23. The molecule has 16 heavy (non-hydrogen) atoms. The Balaban J connectivity index is 2.37. The molecular formula is C10H22N2O3S. The van der Waals surface area contributed by atoms with Crippen LogP contribution in [0, 0.1) is 5.92 Å². The van der Waals surface area contributed by atoms with E-state index in [0.29, 0.717) is 13.0 Å². The lowest BCUT2D eigenvalue weighted by atomic mass is 10.1. The highest BCUT2D eigenvalue weighted by Crippen LogP contribution is 2.24. The van der Waals surface area contributed by atoms with E-state index in [9.17, 15) is 13.5 Å². The molecule has 1 rings (SSSR count). The Morgan fingerprint density at radius 1 is 1.31 bits per heavy atom. The Bertz CT molecular complexity index is 321. The summed E-state index contributed by atoms with van der Waals surface area (Å²) in [5, 5.41) is 9.32. The molecule has 0 aromatic rings. The van der Waals surface area contributed by atoms with Crippen LogP contribution in [0.2, 0.25) is 0 Å². The normalized spacial score (nSPS) is 27.2. The van der Waals surface area contributed by atoms with Crippen LogP contribution in [0.5, 0.6) is 0 Å². The largest absolute Gasteiger partial charge is 0.393 e. The molecule has 1 fully saturated rings. The monoisotopic (exact) mass is 250 g/mol. The zero-order chi connectivity index (χ0) is 12.4. The number of rotatable bonds is 4. The summed E-state index contributed by atoms with van der Waals surface area (Å²) < 4.78 is 28.3. The number of aliphatic hydroxyl groups excluding tert-OH is 1. The molecular weight excluding hydrogens is 228 g/mol. The van der Waals surface area contributed by atoms with E-state index >= 15 is 0 Å². The Kier molecular flexibility index (Phi) is 4.34. The van der Waals surface area contributed by atoms with Crippen LogP contribution in [0.4, 0.5) is 0 Å². The summed E-state index contributed by atoms with van der Waals surface area (Å²) in [4.78, 5) is 0. The van der Waals surface area contributed by atoms with Crippen molar-refractivity contribution in [2.24, 2.45) is 5.92 Å². The maximum atomic E-state index is 11.6. The third-order valence-corrected chi connectivity index (χ3v) is 3.94. The van der Waals surface area contributed by atoms with Crippen LogP contribution in [0.3, 0.4) is 0 Å². The van der Waals surface area contributed by atoms with Crippen molar-refractivity contribution in [1.82, 2.24) is 9.44 Å². The molecule has 3 N–H and O–H groups in total. The van der Waals surface area contributed by atoms with Gasteiger partial charge in [-0.2, -0.15) is 13.1 Å². The fraction of sp³-hybridized carbons (Fsp3) is 1.00. The summed E-state index contributed by atoms with van der Waals surface area (Å²) in [7, 11) is -3.43. The van der Waals surface area contributed by atoms with E-state index in [0.717, 1.165) is 12.8 Å². The van der Waals surface area contributed by atoms with Crippen molar-refractivity contribution in [3.05, 3.63) is 0 Å². The van der Waals surface area contributed by atoms with E-state index in [2.05, 4.69) is 9.44 Å². The Labute approximate surface area is 97.8 Å². The first-order chi connectivity index (χ1) is 7.18. The molecule has 2 unspecified atom stereocenters. The van der Waals surface area contributed by atoms with Gasteiger partial charge in [0.25, 0.3) is 10.2 Å². The molecule has 1 aliphatic rings. The lowest BCUT2D eigenvalue weighted by molar-refractivity contribution is 0.178. The molecule has 0 aromatic heterocycles. The molecule has 1 aliphatic carbocycles. The van der Waals surface area contributed by atoms with Gasteiger partial charge in [-0.15, -0.1) is 0 Å². The first-order valence-corrected chi connectivity index (χ1v) is 7.13. The van der Waals surface area contributed by atoms with Gasteiger partial charge in [0.05, 0.1) is 6.10 Å². The van der Waals surface area contributed by atoms with E-state index in [1.54, 1.807) is 20.8 Å². The van der Waals surface area contributed by atoms with Gasteiger partial charge in [0.15, 0.2) is 0 Å². The van der Waals surface area contributed by atoms with E-state index in [1.807, 2.05) is 0 Å². The van der Waals surface area contributed by atoms with Gasteiger partial charge in [-0.05, 0) is 46.0 Å². The minimum Gasteiger partial charge on any atom is -0.393 e. The number of hydrogen-bond acceptors (Lipinski definition) is 3. The minimum atomic E-state index is -3.43. The first-order valence-electron chi connectivity index (χ1n) is 5.64. The molecule has 96 valence electrons. The van der Waals surface area contributed by atoms with E-state index in [4.69, 9.17) is 0 Å². The lowest BCUT2D eigenvalue weighted by Crippen LogP contribution is -2.47. The molecule has 5 nitrogen and oxygen atoms in total. The molecule has 0 bridgehead atoms. The van der Waals surface area contributed by atoms with Crippen LogP contribution in [0.15, 0.2) is 0 Å². The summed E-state index contributed by atoms with van der Waals surface area (Å²) in [5.74, 6) is 0.256. The molecule has 2 atom stereocenters. The topological polar surface area (TPSA) is 78.4 Å². The third-order valence-electron chi connectivity index (χ3n) is 2.52. The quantitative estimate of drug-likeness (QED) is 0.674. The van der Waals surface area contributed by atoms with Crippen molar-refractivity contribution < 1.29 is 13.5 Å². The molecule has 6 heteroatoms. The van der Waals surface area contributed by atoms with Crippen molar-refractivity contribution >= 4 is 10.2 Å². The van der Waals surface area contributed by atoms with Crippen LogP contribution in [-0.2, 0) is 10.2 Å². The van der Waals surface area contributed by atoms with Crippen molar-refractivity contribution in [3.63, 3.8) is 0 Å². The Hall–Kier alpha value is -0.170. The van der Waals surface area contributed by atoms with Gasteiger partial charge in [0.2, 0.25) is 0 Å². The Morgan fingerprint density at radius 3 is 2.38 bits per heavy atom. The lowest BCUT2D eigenvalue weighted by Gasteiger charge is -2.21. The van der Waals surface area contributed by atoms with E-state index in [1.165, 1.54) is 0 Å². The molecule has 1 saturated carbocycles. The van der Waals surface area contributed by atoms with Crippen molar-refractivity contribution in [1.29, 1.82) is 0 Å². The van der Waals surface area contributed by atoms with Crippen LogP contribution in [-0.4, -0.2) is 31.7 Å². The maximum absolute atomic E-state index is 11.6. The van der Waals surface area contributed by atoms with Gasteiger partial charge in [0.1, 0.15) is 0 Å². The van der Waals surface area contributed by atoms with Gasteiger partial charge < -0.3 is 5.11 Å². The van der Waals surface area contributed by atoms with Crippen molar-refractivity contribution in [2.75, 3.05) is 6.54 Å². The zero-order valence-electron chi connectivity index (χ0n) is 10.2. The molecule has 0 spiro atoms. The molecule has 0 saturated heterocycles. The first kappa shape index (κ1) is 13.9. The highest BCUT2D eigenvalue weighted by atomic mass is 32.2. The minimum absolute atomic E-state index is 0.256. The second kappa shape index (κ2) is 5.00. The third kappa shape index (κ3) is 5.25. The summed E-state index contributed by atoms with van der Waals surface area (Å²) in [6.07, 6.45) is 2.10. The van der Waals surface area contributed by atoms with Crippen LogP contribution in [0.25, 0.3) is 0 Å². The second-order valence-electron chi connectivity index (χ2n) is 5.54. The fourth-order valence-electron chi connectivity index (χ4n) is 1.90. The molecule has 0 aliphatic heterocycles. The SMILES string of the molecule is CC(C)(C)NS(=O)(=O)NCC1CCC(O)C1. The summed E-state index contributed by atoms with van der Waals surface area (Å²) in [6.45, 7) is 5.80. The predicted octanol–water partition coefficient (Wildman–Crippen LogP) is 0.370. The summed E-state index contributed by atoms with van der Waals surface area (Å²) in [6, 6.07) is 0. The molecule has 0 amide bonds. The number of hydrogen-bond donors (Lipinski definition) is 3. The smallest absolute Gasteiger partial charge is 0.277 e. The van der Waals surface area contributed by atoms with Crippen LogP contribution in [0.1, 0.15) is 40.0 Å². The van der Waals surface area contributed by atoms with E-state index < -0.39 is 15.7 Å². The average Bonchev–Trinajstić information content (AvgIpc) is 2.44. The predicted molar refractivity (Wildman–Crippen MR) is 63.2 cm³/mol. The summed E-state index contributed by atoms with van der Waals surface area (Å²) in [5.41, 5.74) is -0.471. The Morgan fingerprint density at radius 2 is 1.94 bits per heavy atom. The maximum Gasteiger partial charge on any atom is 0.277 e. The molecule has 0 aromatic carbocycles. The number of nitrogens with one attached hydrogen (secondary N) is 2. The van der Waals surface area contributed by atoms with E-state index in [-0.39, 0.29) is 12.0 Å². The van der Waals surface area contributed by atoms with Gasteiger partial charge in [-0.25, -0.2) is 4.72 Å².